The maximum atomic E-state index is 12.6. The SMILES string of the molecule is COc1cc(-n2nnnc2C)cc(-n2c(N)c3c(cc2=O)C(=O)NC3=O)c1. The number of benzene rings is 1. The highest BCUT2D eigenvalue weighted by molar-refractivity contribution is 6.23. The van der Waals surface area contributed by atoms with Crippen molar-refractivity contribution in [1.82, 2.24) is 30.1 Å². The van der Waals surface area contributed by atoms with Crippen molar-refractivity contribution in [3.63, 3.8) is 0 Å². The summed E-state index contributed by atoms with van der Waals surface area (Å²) in [5, 5.41) is 13.4. The second-order valence-corrected chi connectivity index (χ2v) is 5.80. The molecule has 0 radical (unpaired) electrons. The number of aryl methyl sites for hydroxylation is 1. The summed E-state index contributed by atoms with van der Waals surface area (Å²) in [6.07, 6.45) is 0. The molecule has 27 heavy (non-hydrogen) atoms. The molecule has 0 fully saturated rings. The number of rotatable bonds is 3. The number of nitrogens with zero attached hydrogens (tertiary/aromatic N) is 5. The number of fused-ring (bicyclic) bond motifs is 1. The molecule has 0 spiro atoms. The van der Waals surface area contributed by atoms with Crippen LogP contribution in [0.1, 0.15) is 26.5 Å². The van der Waals surface area contributed by atoms with Gasteiger partial charge in [0, 0.05) is 18.2 Å². The summed E-state index contributed by atoms with van der Waals surface area (Å²) >= 11 is 0. The van der Waals surface area contributed by atoms with Gasteiger partial charge in [0.2, 0.25) is 0 Å². The smallest absolute Gasteiger partial charge is 0.262 e. The fraction of sp³-hybridized carbons (Fsp3) is 0.125. The minimum absolute atomic E-state index is 0.0393. The van der Waals surface area contributed by atoms with E-state index in [0.29, 0.717) is 22.9 Å². The predicted octanol–water partition coefficient (Wildman–Crippen LogP) is -0.404. The fourth-order valence-electron chi connectivity index (χ4n) is 2.95. The van der Waals surface area contributed by atoms with Crippen LogP contribution in [0.15, 0.2) is 29.1 Å². The van der Waals surface area contributed by atoms with E-state index >= 15 is 0 Å². The average Bonchev–Trinajstić information content (AvgIpc) is 3.17. The van der Waals surface area contributed by atoms with Gasteiger partial charge in [-0.05, 0) is 23.4 Å². The summed E-state index contributed by atoms with van der Waals surface area (Å²) in [4.78, 5) is 36.4. The number of aromatic nitrogens is 5. The highest BCUT2D eigenvalue weighted by atomic mass is 16.5. The molecule has 4 rings (SSSR count). The van der Waals surface area contributed by atoms with Gasteiger partial charge in [-0.15, -0.1) is 5.10 Å². The number of hydrogen-bond acceptors (Lipinski definition) is 8. The third-order valence-corrected chi connectivity index (χ3v) is 4.19. The van der Waals surface area contributed by atoms with Crippen molar-refractivity contribution in [2.75, 3.05) is 12.8 Å². The molecule has 0 bridgehead atoms. The summed E-state index contributed by atoms with van der Waals surface area (Å²) < 4.78 is 7.88. The Kier molecular flexibility index (Phi) is 3.51. The minimum atomic E-state index is -0.652. The number of nitrogens with two attached hydrogens (primary N) is 1. The zero-order chi connectivity index (χ0) is 19.3. The topological polar surface area (TPSA) is 147 Å². The standard InChI is InChI=1S/C16H13N7O4/c1-7-19-20-21-23(7)9-3-8(4-10(5-9)27-2)22-12(24)6-11-13(14(22)17)16(26)18-15(11)25/h3-6H,17H2,1-2H3,(H,18,25,26). The van der Waals surface area contributed by atoms with Crippen LogP contribution in [0.5, 0.6) is 5.75 Å². The summed E-state index contributed by atoms with van der Waals surface area (Å²) in [6, 6.07) is 5.94. The van der Waals surface area contributed by atoms with Gasteiger partial charge in [-0.3, -0.25) is 24.3 Å². The van der Waals surface area contributed by atoms with E-state index in [-0.39, 0.29) is 16.9 Å². The Morgan fingerprint density at radius 2 is 1.81 bits per heavy atom. The Bertz CT molecular complexity index is 1180. The van der Waals surface area contributed by atoms with Gasteiger partial charge in [0.15, 0.2) is 5.82 Å². The summed E-state index contributed by atoms with van der Waals surface area (Å²) in [7, 11) is 1.47. The third-order valence-electron chi connectivity index (χ3n) is 4.19. The quantitative estimate of drug-likeness (QED) is 0.594. The van der Waals surface area contributed by atoms with Crippen molar-refractivity contribution in [2.45, 2.75) is 6.92 Å². The molecule has 0 saturated heterocycles. The number of nitrogen functional groups attached to an aromatic ring is 1. The molecular weight excluding hydrogens is 354 g/mol. The van der Waals surface area contributed by atoms with Crippen LogP contribution >= 0.6 is 0 Å². The predicted molar refractivity (Wildman–Crippen MR) is 92.2 cm³/mol. The molecule has 0 aliphatic carbocycles. The molecule has 136 valence electrons. The number of hydrogen-bond donors (Lipinski definition) is 2. The van der Waals surface area contributed by atoms with Gasteiger partial charge in [-0.25, -0.2) is 0 Å². The molecule has 2 aromatic heterocycles. The van der Waals surface area contributed by atoms with E-state index in [9.17, 15) is 14.4 Å². The molecule has 1 aliphatic rings. The Hall–Kier alpha value is -4.02. The molecule has 11 heteroatoms. The third kappa shape index (κ3) is 2.44. The van der Waals surface area contributed by atoms with Gasteiger partial charge >= 0.3 is 0 Å². The first kappa shape index (κ1) is 16.4. The van der Waals surface area contributed by atoms with Crippen molar-refractivity contribution >= 4 is 17.6 Å². The zero-order valence-electron chi connectivity index (χ0n) is 14.3. The second kappa shape index (κ2) is 5.76. The monoisotopic (exact) mass is 367 g/mol. The van der Waals surface area contributed by atoms with Crippen LogP contribution in [0, 0.1) is 6.92 Å². The van der Waals surface area contributed by atoms with E-state index in [0.717, 1.165) is 10.6 Å². The molecule has 3 aromatic rings. The van der Waals surface area contributed by atoms with Gasteiger partial charge in [0.05, 0.1) is 29.6 Å². The van der Waals surface area contributed by atoms with Crippen LogP contribution in [-0.4, -0.2) is 43.7 Å². The van der Waals surface area contributed by atoms with E-state index in [1.807, 2.05) is 0 Å². The zero-order valence-corrected chi connectivity index (χ0v) is 14.3. The van der Waals surface area contributed by atoms with Crippen LogP contribution < -0.4 is 21.3 Å². The van der Waals surface area contributed by atoms with Crippen LogP contribution in [0.3, 0.4) is 0 Å². The van der Waals surface area contributed by atoms with Gasteiger partial charge in [-0.2, -0.15) is 4.68 Å². The molecular formula is C16H13N7O4. The first-order valence-corrected chi connectivity index (χ1v) is 7.76. The number of ether oxygens (including phenoxy) is 1. The van der Waals surface area contributed by atoms with Crippen molar-refractivity contribution in [3.8, 4) is 17.1 Å². The van der Waals surface area contributed by atoms with Gasteiger partial charge in [-0.1, -0.05) is 0 Å². The molecule has 0 atom stereocenters. The summed E-state index contributed by atoms with van der Waals surface area (Å²) in [5.74, 6) is -0.506. The average molecular weight is 367 g/mol. The number of methoxy groups -OCH3 is 1. The molecule has 11 nitrogen and oxygen atoms in total. The highest BCUT2D eigenvalue weighted by Gasteiger charge is 2.32. The van der Waals surface area contributed by atoms with E-state index in [2.05, 4.69) is 20.8 Å². The number of amides is 2. The maximum Gasteiger partial charge on any atom is 0.262 e. The number of nitrogens with one attached hydrogen (secondary N) is 1. The van der Waals surface area contributed by atoms with Gasteiger partial charge in [0.25, 0.3) is 17.4 Å². The van der Waals surface area contributed by atoms with Crippen LogP contribution in [0.2, 0.25) is 0 Å². The molecule has 1 aliphatic heterocycles. The Morgan fingerprint density at radius 1 is 1.07 bits per heavy atom. The van der Waals surface area contributed by atoms with E-state index in [1.165, 1.54) is 11.8 Å². The lowest BCUT2D eigenvalue weighted by molar-refractivity contribution is 0.0880. The highest BCUT2D eigenvalue weighted by Crippen LogP contribution is 2.27. The maximum absolute atomic E-state index is 12.6. The van der Waals surface area contributed by atoms with Crippen molar-refractivity contribution in [3.05, 3.63) is 51.6 Å². The molecule has 3 heterocycles. The second-order valence-electron chi connectivity index (χ2n) is 5.80. The van der Waals surface area contributed by atoms with E-state index in [1.54, 1.807) is 25.1 Å². The molecule has 2 amide bonds. The lowest BCUT2D eigenvalue weighted by Gasteiger charge is -2.14. The van der Waals surface area contributed by atoms with Gasteiger partial charge < -0.3 is 10.5 Å². The first-order chi connectivity index (χ1) is 12.9. The Balaban J connectivity index is 1.99. The Morgan fingerprint density at radius 3 is 2.48 bits per heavy atom. The Labute approximate surface area is 151 Å². The van der Waals surface area contributed by atoms with Crippen molar-refractivity contribution < 1.29 is 14.3 Å². The molecule has 0 unspecified atom stereocenters. The molecule has 3 N–H and O–H groups in total. The lowest BCUT2D eigenvalue weighted by Crippen LogP contribution is -2.24. The van der Waals surface area contributed by atoms with E-state index in [4.69, 9.17) is 10.5 Å². The summed E-state index contributed by atoms with van der Waals surface area (Å²) in [5.41, 5.74) is 6.28. The molecule has 0 saturated carbocycles. The summed E-state index contributed by atoms with van der Waals surface area (Å²) in [6.45, 7) is 1.71. The van der Waals surface area contributed by atoms with Crippen molar-refractivity contribution in [2.24, 2.45) is 0 Å². The number of pyridine rings is 1. The number of tetrazole rings is 1. The van der Waals surface area contributed by atoms with Crippen LogP contribution in [0.4, 0.5) is 5.82 Å². The number of carbonyl (C=O) groups excluding carboxylic acids is 2. The minimum Gasteiger partial charge on any atom is -0.497 e. The van der Waals surface area contributed by atoms with Crippen LogP contribution in [-0.2, 0) is 0 Å². The largest absolute Gasteiger partial charge is 0.497 e. The van der Waals surface area contributed by atoms with Crippen molar-refractivity contribution in [1.29, 1.82) is 0 Å². The first-order valence-electron chi connectivity index (χ1n) is 7.76. The molecule has 1 aromatic carbocycles. The normalized spacial score (nSPS) is 12.8. The van der Waals surface area contributed by atoms with Gasteiger partial charge in [0.1, 0.15) is 11.6 Å². The lowest BCUT2D eigenvalue weighted by atomic mass is 10.1. The number of carbonyl (C=O) groups is 2. The fourth-order valence-corrected chi connectivity index (χ4v) is 2.95. The van der Waals surface area contributed by atoms with E-state index < -0.39 is 17.4 Å². The number of imide groups is 1. The number of anilines is 1. The van der Waals surface area contributed by atoms with Crippen LogP contribution in [0.25, 0.3) is 11.4 Å².